The van der Waals surface area contributed by atoms with Crippen LogP contribution in [0.15, 0.2) is 36.4 Å². The van der Waals surface area contributed by atoms with Crippen LogP contribution in [0.4, 0.5) is 5.69 Å². The van der Waals surface area contributed by atoms with Crippen molar-refractivity contribution in [3.05, 3.63) is 58.1 Å². The lowest BCUT2D eigenvalue weighted by atomic mass is 9.76. The smallest absolute Gasteiger partial charge is 0.303 e. The third kappa shape index (κ3) is 3.49. The first kappa shape index (κ1) is 23.3. The number of carbonyl (C=O) groups excluding carboxylic acids is 3. The van der Waals surface area contributed by atoms with E-state index in [4.69, 9.17) is 16.3 Å². The van der Waals surface area contributed by atoms with Crippen molar-refractivity contribution in [2.45, 2.75) is 37.9 Å². The number of methoxy groups -OCH3 is 1. The molecule has 3 heterocycles. The predicted octanol–water partition coefficient (Wildman–Crippen LogP) is 2.44. The Morgan fingerprint density at radius 3 is 2.54 bits per heavy atom. The van der Waals surface area contributed by atoms with Gasteiger partial charge in [0.1, 0.15) is 11.3 Å². The minimum absolute atomic E-state index is 0.0411. The van der Waals surface area contributed by atoms with Gasteiger partial charge in [-0.05, 0) is 48.7 Å². The molecule has 0 unspecified atom stereocenters. The van der Waals surface area contributed by atoms with E-state index in [1.165, 1.54) is 4.90 Å². The van der Waals surface area contributed by atoms with Crippen LogP contribution in [0.5, 0.6) is 5.75 Å². The minimum Gasteiger partial charge on any atom is -0.497 e. The summed E-state index contributed by atoms with van der Waals surface area (Å²) in [6.45, 7) is 1.84. The molecule has 0 radical (unpaired) electrons. The van der Waals surface area contributed by atoms with Gasteiger partial charge in [-0.3, -0.25) is 29.4 Å². The van der Waals surface area contributed by atoms with E-state index < -0.39 is 47.1 Å². The Hall–Kier alpha value is -3.43. The highest BCUT2D eigenvalue weighted by atomic mass is 35.5. The fourth-order valence-corrected chi connectivity index (χ4v) is 5.96. The monoisotopic (exact) mass is 497 g/mol. The third-order valence-corrected chi connectivity index (χ3v) is 7.46. The summed E-state index contributed by atoms with van der Waals surface area (Å²) in [5.41, 5.74) is 1.01. The lowest BCUT2D eigenvalue weighted by molar-refractivity contribution is -0.144. The van der Waals surface area contributed by atoms with Crippen LogP contribution >= 0.6 is 11.6 Å². The van der Waals surface area contributed by atoms with Crippen molar-refractivity contribution in [1.29, 1.82) is 0 Å². The molecule has 0 saturated carbocycles. The SMILES string of the molecule is COc1ccc(CN2C(=O)[C@@H]3[C@@H](CCC(=O)O)N[C@]4(C(=O)Nc5c(C)cc(Cl)cc54)[C@H]3C2=O)cc1. The van der Waals surface area contributed by atoms with E-state index in [0.717, 1.165) is 11.1 Å². The zero-order chi connectivity index (χ0) is 25.1. The van der Waals surface area contributed by atoms with Crippen molar-refractivity contribution < 1.29 is 29.0 Å². The molecule has 3 aliphatic rings. The number of ether oxygens (including phenoxy) is 1. The van der Waals surface area contributed by atoms with Crippen LogP contribution in [-0.2, 0) is 31.3 Å². The number of imide groups is 1. The van der Waals surface area contributed by atoms with E-state index in [1.807, 2.05) is 0 Å². The number of amides is 3. The van der Waals surface area contributed by atoms with E-state index in [2.05, 4.69) is 10.6 Å². The maximum absolute atomic E-state index is 13.8. The normalized spacial score (nSPS) is 26.8. The Balaban J connectivity index is 1.58. The van der Waals surface area contributed by atoms with Gasteiger partial charge in [-0.2, -0.15) is 0 Å². The van der Waals surface area contributed by atoms with Crippen molar-refractivity contribution in [2.75, 3.05) is 12.4 Å². The number of carbonyl (C=O) groups is 4. The molecule has 4 atom stereocenters. The molecule has 35 heavy (non-hydrogen) atoms. The maximum Gasteiger partial charge on any atom is 0.303 e. The summed E-state index contributed by atoms with van der Waals surface area (Å²) in [6, 6.07) is 9.69. The Morgan fingerprint density at radius 2 is 1.89 bits per heavy atom. The average molecular weight is 498 g/mol. The quantitative estimate of drug-likeness (QED) is 0.523. The molecule has 5 rings (SSSR count). The van der Waals surface area contributed by atoms with Gasteiger partial charge in [-0.15, -0.1) is 0 Å². The average Bonchev–Trinajstić information content (AvgIpc) is 3.39. The number of anilines is 1. The first-order valence-corrected chi connectivity index (χ1v) is 11.6. The van der Waals surface area contributed by atoms with Crippen molar-refractivity contribution in [3.63, 3.8) is 0 Å². The van der Waals surface area contributed by atoms with Crippen LogP contribution in [-0.4, -0.2) is 46.8 Å². The molecule has 2 fully saturated rings. The van der Waals surface area contributed by atoms with Crippen LogP contribution in [0.3, 0.4) is 0 Å². The van der Waals surface area contributed by atoms with Crippen LogP contribution in [0.25, 0.3) is 0 Å². The van der Waals surface area contributed by atoms with Gasteiger partial charge in [-0.1, -0.05) is 23.7 Å². The van der Waals surface area contributed by atoms with Gasteiger partial charge >= 0.3 is 5.97 Å². The van der Waals surface area contributed by atoms with E-state index in [0.29, 0.717) is 22.0 Å². The first-order chi connectivity index (χ1) is 16.7. The summed E-state index contributed by atoms with van der Waals surface area (Å²) >= 11 is 6.33. The second-order valence-corrected chi connectivity index (χ2v) is 9.64. The number of fused-ring (bicyclic) bond motifs is 4. The highest BCUT2D eigenvalue weighted by molar-refractivity contribution is 6.31. The molecule has 2 aromatic rings. The largest absolute Gasteiger partial charge is 0.497 e. The fraction of sp³-hybridized carbons (Fsp3) is 0.360. The summed E-state index contributed by atoms with van der Waals surface area (Å²) in [4.78, 5) is 53.4. The summed E-state index contributed by atoms with van der Waals surface area (Å²) < 4.78 is 5.17. The highest BCUT2D eigenvalue weighted by Crippen LogP contribution is 2.54. The van der Waals surface area contributed by atoms with E-state index in [9.17, 15) is 24.3 Å². The molecular weight excluding hydrogens is 474 g/mol. The molecule has 0 bridgehead atoms. The number of nitrogens with one attached hydrogen (secondary N) is 2. The Labute approximate surface area is 206 Å². The van der Waals surface area contributed by atoms with Crippen LogP contribution in [0, 0.1) is 18.8 Å². The number of likely N-dealkylation sites (tertiary alicyclic amines) is 1. The second kappa shape index (κ2) is 8.35. The molecule has 0 aromatic heterocycles. The molecule has 3 amide bonds. The van der Waals surface area contributed by atoms with Gasteiger partial charge in [-0.25, -0.2) is 0 Å². The number of carboxylic acids is 1. The summed E-state index contributed by atoms with van der Waals surface area (Å²) in [7, 11) is 1.55. The molecule has 3 N–H and O–H groups in total. The highest BCUT2D eigenvalue weighted by Gasteiger charge is 2.70. The Kier molecular flexibility index (Phi) is 5.56. The van der Waals surface area contributed by atoms with Gasteiger partial charge in [0, 0.05) is 28.7 Å². The summed E-state index contributed by atoms with van der Waals surface area (Å²) in [5, 5.41) is 15.8. The molecule has 2 aromatic carbocycles. The number of halogens is 1. The maximum atomic E-state index is 13.8. The van der Waals surface area contributed by atoms with E-state index >= 15 is 0 Å². The first-order valence-electron chi connectivity index (χ1n) is 11.3. The number of hydrogen-bond acceptors (Lipinski definition) is 6. The Bertz CT molecular complexity index is 1260. The van der Waals surface area contributed by atoms with Gasteiger partial charge in [0.15, 0.2) is 0 Å². The number of hydrogen-bond donors (Lipinski definition) is 3. The number of rotatable bonds is 6. The number of aryl methyl sites for hydroxylation is 1. The minimum atomic E-state index is -1.51. The van der Waals surface area contributed by atoms with Crippen molar-refractivity contribution in [1.82, 2.24) is 10.2 Å². The fourth-order valence-electron chi connectivity index (χ4n) is 5.69. The second-order valence-electron chi connectivity index (χ2n) is 9.20. The van der Waals surface area contributed by atoms with Gasteiger partial charge in [0.05, 0.1) is 25.5 Å². The summed E-state index contributed by atoms with van der Waals surface area (Å²) in [5.74, 6) is -3.61. The van der Waals surface area contributed by atoms with E-state index in [-0.39, 0.29) is 19.4 Å². The van der Waals surface area contributed by atoms with Crippen molar-refractivity contribution in [2.24, 2.45) is 11.8 Å². The number of benzene rings is 2. The molecular formula is C25H24ClN3O6. The summed E-state index contributed by atoms with van der Waals surface area (Å²) in [6.07, 6.45) is -0.115. The topological polar surface area (TPSA) is 125 Å². The Morgan fingerprint density at radius 1 is 1.17 bits per heavy atom. The molecule has 10 heteroatoms. The van der Waals surface area contributed by atoms with Crippen molar-refractivity contribution in [3.8, 4) is 5.75 Å². The molecule has 1 spiro atoms. The number of aliphatic carboxylic acids is 1. The number of carboxylic acid groups (broad SMARTS) is 1. The van der Waals surface area contributed by atoms with Gasteiger partial charge in [0.2, 0.25) is 17.7 Å². The van der Waals surface area contributed by atoms with Crippen LogP contribution in [0.1, 0.15) is 29.5 Å². The van der Waals surface area contributed by atoms with Crippen LogP contribution in [0.2, 0.25) is 5.02 Å². The van der Waals surface area contributed by atoms with Crippen LogP contribution < -0.4 is 15.4 Å². The lowest BCUT2D eigenvalue weighted by Gasteiger charge is -2.29. The van der Waals surface area contributed by atoms with E-state index in [1.54, 1.807) is 50.4 Å². The van der Waals surface area contributed by atoms with Gasteiger partial charge < -0.3 is 15.2 Å². The van der Waals surface area contributed by atoms with Crippen molar-refractivity contribution >= 4 is 41.0 Å². The molecule has 3 aliphatic heterocycles. The van der Waals surface area contributed by atoms with Gasteiger partial charge in [0.25, 0.3) is 0 Å². The molecule has 182 valence electrons. The zero-order valence-electron chi connectivity index (χ0n) is 19.1. The lowest BCUT2D eigenvalue weighted by Crippen LogP contribution is -2.53. The standard InChI is InChI=1S/C25H24ClN3O6/c1-12-9-14(26)10-16-21(12)27-24(34)25(16)20-19(17(28-25)7-8-18(30)31)22(32)29(23(20)33)11-13-3-5-15(35-2)6-4-13/h3-6,9-10,17,19-20,28H,7-8,11H2,1-2H3,(H,27,34)(H,30,31)/t17-,19-,20-,25+/m1/s1. The predicted molar refractivity (Wildman–Crippen MR) is 126 cm³/mol. The zero-order valence-corrected chi connectivity index (χ0v) is 19.9. The number of nitrogens with zero attached hydrogens (tertiary/aromatic N) is 1. The third-order valence-electron chi connectivity index (χ3n) is 7.25. The molecule has 0 aliphatic carbocycles. The molecule has 2 saturated heterocycles. The molecule has 9 nitrogen and oxygen atoms in total.